The topological polar surface area (TPSA) is 84.7 Å². The highest BCUT2D eigenvalue weighted by atomic mass is 32.2. The lowest BCUT2D eigenvalue weighted by Crippen LogP contribution is -2.52. The van der Waals surface area contributed by atoms with Gasteiger partial charge in [0.05, 0.1) is 17.5 Å². The zero-order chi connectivity index (χ0) is 21.0. The van der Waals surface area contributed by atoms with Crippen LogP contribution in [0, 0.1) is 17.2 Å². The number of piperazine rings is 1. The van der Waals surface area contributed by atoms with Gasteiger partial charge in [-0.1, -0.05) is 26.0 Å². The smallest absolute Gasteiger partial charge is 0.246 e. The molecule has 2 heterocycles. The first kappa shape index (κ1) is 21.3. The van der Waals surface area contributed by atoms with Crippen LogP contribution in [0.2, 0.25) is 0 Å². The highest BCUT2D eigenvalue weighted by molar-refractivity contribution is 7.93. The van der Waals surface area contributed by atoms with Gasteiger partial charge in [-0.25, -0.2) is 8.42 Å². The molecule has 0 spiro atoms. The lowest BCUT2D eigenvalue weighted by atomic mass is 10.0. The fourth-order valence-electron chi connectivity index (χ4n) is 3.83. The molecule has 1 aromatic rings. The van der Waals surface area contributed by atoms with Gasteiger partial charge in [0.25, 0.3) is 0 Å². The standard InChI is InChI=1S/C21H28N4O3S/c1-17(2)20(16-22)23-11-13-24(14-12-23)21(26)9-6-18-4-7-19(8-5-18)25-10-3-15-29(25,27)28/h4-9,17,20H,3,10-15H2,1-2H3/b9-6+. The van der Waals surface area contributed by atoms with E-state index in [1.54, 1.807) is 29.2 Å². The third kappa shape index (κ3) is 4.98. The first-order valence-electron chi connectivity index (χ1n) is 10.0. The van der Waals surface area contributed by atoms with Crippen molar-refractivity contribution in [2.24, 2.45) is 5.92 Å². The summed E-state index contributed by atoms with van der Waals surface area (Å²) in [5, 5.41) is 9.33. The van der Waals surface area contributed by atoms with E-state index in [-0.39, 0.29) is 23.6 Å². The summed E-state index contributed by atoms with van der Waals surface area (Å²) in [5.41, 5.74) is 1.51. The van der Waals surface area contributed by atoms with Crippen LogP contribution in [0.1, 0.15) is 25.8 Å². The molecule has 0 radical (unpaired) electrons. The third-order valence-electron chi connectivity index (χ3n) is 5.48. The van der Waals surface area contributed by atoms with Gasteiger partial charge in [0.15, 0.2) is 0 Å². The lowest BCUT2D eigenvalue weighted by Gasteiger charge is -2.37. The Morgan fingerprint density at radius 3 is 2.28 bits per heavy atom. The number of nitrogens with zero attached hydrogens (tertiary/aromatic N) is 4. The maximum atomic E-state index is 12.5. The lowest BCUT2D eigenvalue weighted by molar-refractivity contribution is -0.127. The number of amides is 1. The number of sulfonamides is 1. The van der Waals surface area contributed by atoms with Gasteiger partial charge in [0.2, 0.25) is 15.9 Å². The summed E-state index contributed by atoms with van der Waals surface area (Å²) >= 11 is 0. The Bertz CT molecular complexity index is 895. The van der Waals surface area contributed by atoms with E-state index in [0.717, 1.165) is 5.56 Å². The SMILES string of the molecule is CC(C)C(C#N)N1CCN(C(=O)/C=C/c2ccc(N3CCCS3(=O)=O)cc2)CC1. The highest BCUT2D eigenvalue weighted by Crippen LogP contribution is 2.24. The third-order valence-corrected chi connectivity index (χ3v) is 7.35. The summed E-state index contributed by atoms with van der Waals surface area (Å²) < 4.78 is 25.4. The second kappa shape index (κ2) is 8.97. The number of carbonyl (C=O) groups excluding carboxylic acids is 1. The van der Waals surface area contributed by atoms with E-state index in [9.17, 15) is 18.5 Å². The van der Waals surface area contributed by atoms with Crippen LogP contribution in [0.3, 0.4) is 0 Å². The Hall–Kier alpha value is -2.37. The summed E-state index contributed by atoms with van der Waals surface area (Å²) in [7, 11) is -3.18. The van der Waals surface area contributed by atoms with Crippen molar-refractivity contribution in [1.29, 1.82) is 5.26 Å². The molecule has 0 aliphatic carbocycles. The van der Waals surface area contributed by atoms with Crippen LogP contribution in [-0.2, 0) is 14.8 Å². The summed E-state index contributed by atoms with van der Waals surface area (Å²) in [4.78, 5) is 16.4. The van der Waals surface area contributed by atoms with Crippen molar-refractivity contribution in [3.05, 3.63) is 35.9 Å². The molecule has 0 bridgehead atoms. The molecule has 3 rings (SSSR count). The number of anilines is 1. The van der Waals surface area contributed by atoms with Crippen molar-refractivity contribution in [1.82, 2.24) is 9.80 Å². The average molecular weight is 417 g/mol. The number of benzene rings is 1. The number of rotatable bonds is 5. The van der Waals surface area contributed by atoms with Crippen LogP contribution in [0.25, 0.3) is 6.08 Å². The second-order valence-electron chi connectivity index (χ2n) is 7.85. The molecule has 7 nitrogen and oxygen atoms in total. The molecule has 2 fully saturated rings. The van der Waals surface area contributed by atoms with Gasteiger partial charge >= 0.3 is 0 Å². The van der Waals surface area contributed by atoms with Gasteiger partial charge < -0.3 is 4.90 Å². The van der Waals surface area contributed by atoms with Crippen LogP contribution < -0.4 is 4.31 Å². The second-order valence-corrected chi connectivity index (χ2v) is 9.86. The van der Waals surface area contributed by atoms with E-state index in [0.29, 0.717) is 44.8 Å². The normalized spacial score (nSPS) is 20.9. The van der Waals surface area contributed by atoms with Crippen LogP contribution in [0.15, 0.2) is 30.3 Å². The number of nitriles is 1. The predicted molar refractivity (Wildman–Crippen MR) is 114 cm³/mol. The molecule has 29 heavy (non-hydrogen) atoms. The van der Waals surface area contributed by atoms with Gasteiger partial charge in [-0.2, -0.15) is 5.26 Å². The van der Waals surface area contributed by atoms with Crippen LogP contribution in [0.4, 0.5) is 5.69 Å². The molecular formula is C21H28N4O3S. The molecule has 2 aliphatic rings. The first-order valence-corrected chi connectivity index (χ1v) is 11.6. The maximum Gasteiger partial charge on any atom is 0.246 e. The van der Waals surface area contributed by atoms with E-state index >= 15 is 0 Å². The van der Waals surface area contributed by atoms with E-state index in [1.807, 2.05) is 26.0 Å². The molecule has 1 amide bonds. The first-order chi connectivity index (χ1) is 13.8. The molecule has 1 atom stereocenters. The van der Waals surface area contributed by atoms with Crippen molar-refractivity contribution >= 4 is 27.7 Å². The van der Waals surface area contributed by atoms with E-state index < -0.39 is 10.0 Å². The average Bonchev–Trinajstić information content (AvgIpc) is 3.06. The monoisotopic (exact) mass is 416 g/mol. The molecular weight excluding hydrogens is 388 g/mol. The van der Waals surface area contributed by atoms with Crippen molar-refractivity contribution in [2.75, 3.05) is 42.8 Å². The largest absolute Gasteiger partial charge is 0.337 e. The summed E-state index contributed by atoms with van der Waals surface area (Å²) in [6, 6.07) is 9.45. The Kier molecular flexibility index (Phi) is 6.60. The number of hydrogen-bond donors (Lipinski definition) is 0. The van der Waals surface area contributed by atoms with E-state index in [1.165, 1.54) is 4.31 Å². The van der Waals surface area contributed by atoms with E-state index in [4.69, 9.17) is 0 Å². The zero-order valence-electron chi connectivity index (χ0n) is 17.0. The minimum atomic E-state index is -3.18. The van der Waals surface area contributed by atoms with Gasteiger partial charge in [0.1, 0.15) is 6.04 Å². The minimum absolute atomic E-state index is 0.0473. The minimum Gasteiger partial charge on any atom is -0.337 e. The van der Waals surface area contributed by atoms with Gasteiger partial charge in [-0.05, 0) is 36.1 Å². The molecule has 156 valence electrons. The molecule has 0 N–H and O–H groups in total. The van der Waals surface area contributed by atoms with Crippen LogP contribution in [-0.4, -0.2) is 68.6 Å². The molecule has 2 aliphatic heterocycles. The Morgan fingerprint density at radius 2 is 1.76 bits per heavy atom. The Labute approximate surface area is 173 Å². The quantitative estimate of drug-likeness (QED) is 0.685. The highest BCUT2D eigenvalue weighted by Gasteiger charge is 2.28. The maximum absolute atomic E-state index is 12.5. The zero-order valence-corrected chi connectivity index (χ0v) is 17.8. The van der Waals surface area contributed by atoms with Crippen molar-refractivity contribution in [2.45, 2.75) is 26.3 Å². The molecule has 2 saturated heterocycles. The summed E-state index contributed by atoms with van der Waals surface area (Å²) in [6.45, 7) is 7.23. The van der Waals surface area contributed by atoms with Crippen molar-refractivity contribution < 1.29 is 13.2 Å². The Balaban J connectivity index is 1.55. The van der Waals surface area contributed by atoms with Crippen LogP contribution >= 0.6 is 0 Å². The fourth-order valence-corrected chi connectivity index (χ4v) is 5.39. The summed E-state index contributed by atoms with van der Waals surface area (Å²) in [6.07, 6.45) is 3.96. The van der Waals surface area contributed by atoms with Crippen molar-refractivity contribution in [3.63, 3.8) is 0 Å². The van der Waals surface area contributed by atoms with Gasteiger partial charge in [-0.15, -0.1) is 0 Å². The molecule has 1 aromatic carbocycles. The number of carbonyl (C=O) groups is 1. The van der Waals surface area contributed by atoms with E-state index in [2.05, 4.69) is 11.0 Å². The van der Waals surface area contributed by atoms with Crippen molar-refractivity contribution in [3.8, 4) is 6.07 Å². The van der Waals surface area contributed by atoms with Crippen LogP contribution in [0.5, 0.6) is 0 Å². The van der Waals surface area contributed by atoms with Gasteiger partial charge in [-0.3, -0.25) is 14.0 Å². The molecule has 0 saturated carbocycles. The van der Waals surface area contributed by atoms with Gasteiger partial charge in [0, 0.05) is 38.8 Å². The Morgan fingerprint density at radius 1 is 1.10 bits per heavy atom. The molecule has 0 aromatic heterocycles. The summed E-state index contributed by atoms with van der Waals surface area (Å²) in [5.74, 6) is 0.414. The fraction of sp³-hybridized carbons (Fsp3) is 0.524. The molecule has 8 heteroatoms. The number of hydrogen-bond acceptors (Lipinski definition) is 5. The predicted octanol–water partition coefficient (Wildman–Crippen LogP) is 1.93. The molecule has 1 unspecified atom stereocenters.